The van der Waals surface area contributed by atoms with E-state index in [-0.39, 0.29) is 12.1 Å². The van der Waals surface area contributed by atoms with Crippen molar-refractivity contribution in [3.8, 4) is 0 Å². The number of rotatable bonds is 1. The molecule has 0 saturated heterocycles. The average Bonchev–Trinajstić information content (AvgIpc) is 2.39. The van der Waals surface area contributed by atoms with Crippen LogP contribution in [-0.2, 0) is 4.79 Å². The molecule has 0 aromatic carbocycles. The maximum atomic E-state index is 11.0. The summed E-state index contributed by atoms with van der Waals surface area (Å²) < 4.78 is 0. The average molecular weight is 191 g/mol. The van der Waals surface area contributed by atoms with Gasteiger partial charge in [-0.3, -0.25) is 15.1 Å². The predicted molar refractivity (Wildman–Crippen MR) is 54.9 cm³/mol. The van der Waals surface area contributed by atoms with Gasteiger partial charge in [0.1, 0.15) is 6.17 Å². The molecule has 2 aliphatic rings. The minimum absolute atomic E-state index is 0.0144. The largest absolute Gasteiger partial charge is 0.366 e. The zero-order chi connectivity index (χ0) is 9.97. The molecule has 3 N–H and O–H groups in total. The summed E-state index contributed by atoms with van der Waals surface area (Å²) in [5.41, 5.74) is 7.00. The first-order valence-corrected chi connectivity index (χ1v) is 4.73. The van der Waals surface area contributed by atoms with E-state index in [0.717, 1.165) is 18.5 Å². The van der Waals surface area contributed by atoms with Gasteiger partial charge >= 0.3 is 0 Å². The van der Waals surface area contributed by atoms with Crippen LogP contribution in [0.15, 0.2) is 28.3 Å². The number of amides is 1. The Kier molecular flexibility index (Phi) is 2.45. The van der Waals surface area contributed by atoms with Gasteiger partial charge in [0.25, 0.3) is 0 Å². The van der Waals surface area contributed by atoms with Gasteiger partial charge in [0, 0.05) is 24.8 Å². The Labute approximate surface area is 82.6 Å². The summed E-state index contributed by atoms with van der Waals surface area (Å²) in [6.45, 7) is 0.744. The Bertz CT molecular complexity index is 341. The van der Waals surface area contributed by atoms with E-state index < -0.39 is 0 Å². The normalized spacial score (nSPS) is 25.9. The monoisotopic (exact) mass is 191 g/mol. The van der Waals surface area contributed by atoms with Crippen LogP contribution in [0.4, 0.5) is 0 Å². The molecular weight excluding hydrogens is 178 g/mol. The topological polar surface area (TPSA) is 67.5 Å². The SMILES string of the molecule is NC(=O)C1=CC2=CCC=NC2NCC1. The van der Waals surface area contributed by atoms with Crippen molar-refractivity contribution in [2.24, 2.45) is 10.7 Å². The molecule has 14 heavy (non-hydrogen) atoms. The van der Waals surface area contributed by atoms with E-state index in [1.54, 1.807) is 0 Å². The maximum Gasteiger partial charge on any atom is 0.244 e. The van der Waals surface area contributed by atoms with Gasteiger partial charge in [-0.25, -0.2) is 0 Å². The Hall–Kier alpha value is -1.42. The number of hydrogen-bond donors (Lipinski definition) is 2. The first-order chi connectivity index (χ1) is 6.77. The number of carbonyl (C=O) groups excluding carboxylic acids is 1. The van der Waals surface area contributed by atoms with Gasteiger partial charge in [0.15, 0.2) is 0 Å². The van der Waals surface area contributed by atoms with E-state index in [1.165, 1.54) is 0 Å². The first kappa shape index (κ1) is 9.15. The summed E-state index contributed by atoms with van der Waals surface area (Å²) in [7, 11) is 0. The molecule has 1 amide bonds. The predicted octanol–water partition coefficient (Wildman–Crippen LogP) is 0.118. The third-order valence-corrected chi connectivity index (χ3v) is 2.42. The molecule has 2 rings (SSSR count). The van der Waals surface area contributed by atoms with Crippen LogP contribution in [-0.4, -0.2) is 24.8 Å². The molecule has 1 atom stereocenters. The summed E-state index contributed by atoms with van der Waals surface area (Å²) in [5.74, 6) is -0.331. The van der Waals surface area contributed by atoms with Crippen LogP contribution in [0, 0.1) is 0 Å². The van der Waals surface area contributed by atoms with Crippen LogP contribution >= 0.6 is 0 Å². The van der Waals surface area contributed by atoms with Crippen LogP contribution < -0.4 is 11.1 Å². The molecule has 0 saturated carbocycles. The number of allylic oxidation sites excluding steroid dienone is 1. The van der Waals surface area contributed by atoms with Gasteiger partial charge < -0.3 is 5.73 Å². The Morgan fingerprint density at radius 3 is 3.29 bits per heavy atom. The van der Waals surface area contributed by atoms with Crippen molar-refractivity contribution in [3.05, 3.63) is 23.3 Å². The van der Waals surface area contributed by atoms with E-state index in [2.05, 4.69) is 16.4 Å². The van der Waals surface area contributed by atoms with E-state index in [9.17, 15) is 4.79 Å². The quantitative estimate of drug-likeness (QED) is 0.618. The van der Waals surface area contributed by atoms with Crippen LogP contribution in [0.2, 0.25) is 0 Å². The summed E-state index contributed by atoms with van der Waals surface area (Å²) in [6.07, 6.45) is 7.34. The molecule has 0 bridgehead atoms. The number of hydrogen-bond acceptors (Lipinski definition) is 3. The molecule has 0 fully saturated rings. The van der Waals surface area contributed by atoms with E-state index in [4.69, 9.17) is 5.73 Å². The summed E-state index contributed by atoms with van der Waals surface area (Å²) in [6, 6.07) is 0. The molecule has 1 unspecified atom stereocenters. The molecule has 0 spiro atoms. The lowest BCUT2D eigenvalue weighted by atomic mass is 10.1. The van der Waals surface area contributed by atoms with Crippen molar-refractivity contribution in [2.45, 2.75) is 19.0 Å². The number of aliphatic imine (C=N–C) groups is 1. The summed E-state index contributed by atoms with van der Waals surface area (Å²) in [4.78, 5) is 15.3. The highest BCUT2D eigenvalue weighted by molar-refractivity contribution is 5.92. The third-order valence-electron chi connectivity index (χ3n) is 2.42. The van der Waals surface area contributed by atoms with Gasteiger partial charge in [-0.05, 0) is 18.1 Å². The summed E-state index contributed by atoms with van der Waals surface area (Å²) in [5, 5.41) is 3.24. The lowest BCUT2D eigenvalue weighted by molar-refractivity contribution is -0.114. The van der Waals surface area contributed by atoms with Crippen molar-refractivity contribution < 1.29 is 4.79 Å². The molecule has 74 valence electrons. The lowest BCUT2D eigenvalue weighted by Crippen LogP contribution is -2.29. The van der Waals surface area contributed by atoms with Gasteiger partial charge in [0.05, 0.1) is 0 Å². The molecule has 0 aromatic rings. The molecule has 0 radical (unpaired) electrons. The van der Waals surface area contributed by atoms with Crippen molar-refractivity contribution in [2.75, 3.05) is 6.54 Å². The van der Waals surface area contributed by atoms with Crippen LogP contribution in [0.25, 0.3) is 0 Å². The third kappa shape index (κ3) is 1.75. The molecular formula is C10H13N3O. The van der Waals surface area contributed by atoms with Gasteiger partial charge in [-0.15, -0.1) is 0 Å². The van der Waals surface area contributed by atoms with E-state index in [1.807, 2.05) is 12.3 Å². The van der Waals surface area contributed by atoms with Crippen LogP contribution in [0.3, 0.4) is 0 Å². The molecule has 0 aromatic heterocycles. The second-order valence-corrected chi connectivity index (χ2v) is 3.41. The highest BCUT2D eigenvalue weighted by Gasteiger charge is 2.18. The minimum atomic E-state index is -0.331. The lowest BCUT2D eigenvalue weighted by Gasteiger charge is -2.15. The number of nitrogens with zero attached hydrogens (tertiary/aromatic N) is 1. The number of primary amides is 1. The van der Waals surface area contributed by atoms with Crippen molar-refractivity contribution >= 4 is 12.1 Å². The number of carbonyl (C=O) groups is 1. The van der Waals surface area contributed by atoms with E-state index in [0.29, 0.717) is 12.0 Å². The highest BCUT2D eigenvalue weighted by Crippen LogP contribution is 2.17. The number of nitrogens with one attached hydrogen (secondary N) is 1. The second kappa shape index (κ2) is 3.75. The Morgan fingerprint density at radius 1 is 1.64 bits per heavy atom. The fourth-order valence-corrected chi connectivity index (χ4v) is 1.67. The summed E-state index contributed by atoms with van der Waals surface area (Å²) >= 11 is 0. The highest BCUT2D eigenvalue weighted by atomic mass is 16.1. The van der Waals surface area contributed by atoms with E-state index >= 15 is 0 Å². The zero-order valence-electron chi connectivity index (χ0n) is 7.86. The smallest absolute Gasteiger partial charge is 0.244 e. The molecule has 4 nitrogen and oxygen atoms in total. The Morgan fingerprint density at radius 2 is 2.50 bits per heavy atom. The van der Waals surface area contributed by atoms with Crippen LogP contribution in [0.5, 0.6) is 0 Å². The fourth-order valence-electron chi connectivity index (χ4n) is 1.67. The number of dihydropyridines is 1. The minimum Gasteiger partial charge on any atom is -0.366 e. The zero-order valence-corrected chi connectivity index (χ0v) is 7.86. The molecule has 4 heteroatoms. The molecule has 0 aliphatic carbocycles. The van der Waals surface area contributed by atoms with Gasteiger partial charge in [0.2, 0.25) is 5.91 Å². The van der Waals surface area contributed by atoms with Gasteiger partial charge in [-0.2, -0.15) is 0 Å². The molecule has 2 aliphatic heterocycles. The van der Waals surface area contributed by atoms with Crippen molar-refractivity contribution in [1.29, 1.82) is 0 Å². The Balaban J connectivity index is 2.27. The number of nitrogens with two attached hydrogens (primary N) is 1. The number of fused-ring (bicyclic) bond motifs is 1. The maximum absolute atomic E-state index is 11.0. The van der Waals surface area contributed by atoms with Crippen molar-refractivity contribution in [1.82, 2.24) is 5.32 Å². The molecule has 2 heterocycles. The standard InChI is InChI=1S/C10H13N3O/c11-9(14)7-3-5-13-10-8(6-7)2-1-4-12-10/h2,4,6,10,13H,1,3,5H2,(H2,11,14). The fraction of sp³-hybridized carbons (Fsp3) is 0.400. The second-order valence-electron chi connectivity index (χ2n) is 3.41. The van der Waals surface area contributed by atoms with Gasteiger partial charge in [-0.1, -0.05) is 6.08 Å². The van der Waals surface area contributed by atoms with Crippen molar-refractivity contribution in [3.63, 3.8) is 0 Å². The first-order valence-electron chi connectivity index (χ1n) is 4.73. The van der Waals surface area contributed by atoms with Crippen LogP contribution in [0.1, 0.15) is 12.8 Å².